The summed E-state index contributed by atoms with van der Waals surface area (Å²) in [5.41, 5.74) is 5.94. The van der Waals surface area contributed by atoms with E-state index in [1.54, 1.807) is 6.92 Å². The number of carbonyl (C=O) groups excluding carboxylic acids is 1. The molecule has 1 atom stereocenters. The Labute approximate surface area is 78.3 Å². The third kappa shape index (κ3) is 3.15. The first-order chi connectivity index (χ1) is 5.62. The molecule has 0 radical (unpaired) electrons. The quantitative estimate of drug-likeness (QED) is 0.713. The summed E-state index contributed by atoms with van der Waals surface area (Å²) in [6, 6.07) is 0. The van der Waals surface area contributed by atoms with Gasteiger partial charge < -0.3 is 5.73 Å². The Morgan fingerprint density at radius 1 is 1.50 bits per heavy atom. The van der Waals surface area contributed by atoms with Crippen LogP contribution in [0.3, 0.4) is 0 Å². The molecule has 0 aromatic heterocycles. The van der Waals surface area contributed by atoms with Crippen molar-refractivity contribution in [3.63, 3.8) is 0 Å². The highest BCUT2D eigenvalue weighted by Crippen LogP contribution is 2.26. The molecule has 0 bridgehead atoms. The van der Waals surface area contributed by atoms with Crippen molar-refractivity contribution >= 4 is 17.5 Å². The third-order valence-corrected chi connectivity index (χ3v) is 3.38. The molecule has 1 aliphatic heterocycles. The lowest BCUT2D eigenvalue weighted by Gasteiger charge is -2.26. The molecule has 0 spiro atoms. The van der Waals surface area contributed by atoms with Crippen molar-refractivity contribution in [1.82, 2.24) is 0 Å². The van der Waals surface area contributed by atoms with Gasteiger partial charge in [-0.25, -0.2) is 0 Å². The van der Waals surface area contributed by atoms with Gasteiger partial charge in [0.1, 0.15) is 5.78 Å². The highest BCUT2D eigenvalue weighted by atomic mass is 32.2. The van der Waals surface area contributed by atoms with Crippen molar-refractivity contribution in [3.05, 3.63) is 0 Å². The van der Waals surface area contributed by atoms with Crippen LogP contribution in [-0.4, -0.2) is 22.8 Å². The maximum atomic E-state index is 10.9. The van der Waals surface area contributed by atoms with Crippen LogP contribution in [0, 0.1) is 0 Å². The van der Waals surface area contributed by atoms with Crippen LogP contribution in [0.4, 0.5) is 0 Å². The number of rotatable bonds is 2. The molecule has 1 unspecified atom stereocenters. The normalized spacial score (nSPS) is 31.2. The van der Waals surface area contributed by atoms with Gasteiger partial charge in [0.2, 0.25) is 0 Å². The summed E-state index contributed by atoms with van der Waals surface area (Å²) in [5, 5.41) is 0. The molecule has 1 saturated heterocycles. The van der Waals surface area contributed by atoms with Gasteiger partial charge in [0.15, 0.2) is 0 Å². The lowest BCUT2D eigenvalue weighted by molar-refractivity contribution is -0.118. The molecule has 1 rings (SSSR count). The van der Waals surface area contributed by atoms with E-state index < -0.39 is 0 Å². The minimum Gasteiger partial charge on any atom is -0.325 e. The smallest absolute Gasteiger partial charge is 0.131 e. The summed E-state index contributed by atoms with van der Waals surface area (Å²) in [4.78, 5) is 10.9. The highest BCUT2D eigenvalue weighted by Gasteiger charge is 2.27. The van der Waals surface area contributed by atoms with Crippen LogP contribution in [0.25, 0.3) is 0 Å². The molecule has 12 heavy (non-hydrogen) atoms. The zero-order valence-corrected chi connectivity index (χ0v) is 8.45. The monoisotopic (exact) mass is 187 g/mol. The molecule has 1 fully saturated rings. The van der Waals surface area contributed by atoms with E-state index in [1.165, 1.54) is 5.75 Å². The fourth-order valence-corrected chi connectivity index (χ4v) is 2.80. The van der Waals surface area contributed by atoms with Gasteiger partial charge in [-0.15, -0.1) is 0 Å². The van der Waals surface area contributed by atoms with Gasteiger partial charge in [-0.3, -0.25) is 4.79 Å². The van der Waals surface area contributed by atoms with Crippen molar-refractivity contribution in [1.29, 1.82) is 0 Å². The topological polar surface area (TPSA) is 43.1 Å². The van der Waals surface area contributed by atoms with E-state index in [-0.39, 0.29) is 11.3 Å². The number of carbonyl (C=O) groups is 1. The summed E-state index contributed by atoms with van der Waals surface area (Å²) in [6.45, 7) is 1.63. The first-order valence-corrected chi connectivity index (χ1v) is 5.64. The zero-order chi connectivity index (χ0) is 9.03. The lowest BCUT2D eigenvalue weighted by atomic mass is 9.87. The molecule has 0 aromatic carbocycles. The van der Waals surface area contributed by atoms with Crippen molar-refractivity contribution in [2.75, 3.05) is 11.5 Å². The second kappa shape index (κ2) is 4.28. The molecule has 1 heterocycles. The van der Waals surface area contributed by atoms with Crippen molar-refractivity contribution in [2.45, 2.75) is 38.1 Å². The standard InChI is InChI=1S/C9H17NOS/c1-8(11)7-9(10)3-2-5-12-6-4-9/h2-7,10H2,1H3. The molecular formula is C9H17NOS. The van der Waals surface area contributed by atoms with Crippen LogP contribution in [0.1, 0.15) is 32.6 Å². The summed E-state index contributed by atoms with van der Waals surface area (Å²) < 4.78 is 0. The lowest BCUT2D eigenvalue weighted by Crippen LogP contribution is -2.41. The molecule has 0 saturated carbocycles. The Hall–Kier alpha value is -0.0200. The van der Waals surface area contributed by atoms with Crippen LogP contribution in [0.5, 0.6) is 0 Å². The molecule has 0 aliphatic carbocycles. The maximum Gasteiger partial charge on any atom is 0.131 e. The summed E-state index contributed by atoms with van der Waals surface area (Å²) in [7, 11) is 0. The Morgan fingerprint density at radius 2 is 2.25 bits per heavy atom. The van der Waals surface area contributed by atoms with Gasteiger partial charge in [-0.2, -0.15) is 11.8 Å². The van der Waals surface area contributed by atoms with Crippen molar-refractivity contribution in [2.24, 2.45) is 5.73 Å². The van der Waals surface area contributed by atoms with Crippen molar-refractivity contribution < 1.29 is 4.79 Å². The van der Waals surface area contributed by atoms with Crippen LogP contribution < -0.4 is 5.73 Å². The molecule has 1 aliphatic rings. The number of thioether (sulfide) groups is 1. The van der Waals surface area contributed by atoms with E-state index in [1.807, 2.05) is 11.8 Å². The molecular weight excluding hydrogens is 170 g/mol. The average molecular weight is 187 g/mol. The van der Waals surface area contributed by atoms with Crippen LogP contribution in [0.2, 0.25) is 0 Å². The minimum absolute atomic E-state index is 0.185. The zero-order valence-electron chi connectivity index (χ0n) is 7.64. The van der Waals surface area contributed by atoms with E-state index in [0.29, 0.717) is 6.42 Å². The first kappa shape index (κ1) is 10.1. The van der Waals surface area contributed by atoms with Crippen LogP contribution >= 0.6 is 11.8 Å². The average Bonchev–Trinajstić information content (AvgIpc) is 2.12. The number of ketones is 1. The van der Waals surface area contributed by atoms with E-state index in [4.69, 9.17) is 5.73 Å². The molecule has 0 aromatic rings. The maximum absolute atomic E-state index is 10.9. The second-order valence-electron chi connectivity index (χ2n) is 3.71. The van der Waals surface area contributed by atoms with E-state index >= 15 is 0 Å². The number of nitrogens with two attached hydrogens (primary N) is 1. The second-order valence-corrected chi connectivity index (χ2v) is 4.93. The fraction of sp³-hybridized carbons (Fsp3) is 0.889. The SMILES string of the molecule is CC(=O)CC1(N)CCCSCC1. The van der Waals surface area contributed by atoms with Crippen molar-refractivity contribution in [3.8, 4) is 0 Å². The van der Waals surface area contributed by atoms with Gasteiger partial charge >= 0.3 is 0 Å². The Morgan fingerprint density at radius 3 is 2.92 bits per heavy atom. The number of hydrogen-bond acceptors (Lipinski definition) is 3. The number of Topliss-reactive ketones (excluding diaryl/α,β-unsaturated/α-hetero) is 1. The molecule has 2 nitrogen and oxygen atoms in total. The predicted molar refractivity (Wildman–Crippen MR) is 53.4 cm³/mol. The van der Waals surface area contributed by atoms with Gasteiger partial charge in [0.25, 0.3) is 0 Å². The minimum atomic E-state index is -0.185. The predicted octanol–water partition coefficient (Wildman–Crippen LogP) is 1.58. The fourth-order valence-electron chi connectivity index (χ4n) is 1.70. The Balaban J connectivity index is 2.48. The van der Waals surface area contributed by atoms with Gasteiger partial charge in [-0.05, 0) is 37.7 Å². The third-order valence-electron chi connectivity index (χ3n) is 2.31. The molecule has 70 valence electrons. The largest absolute Gasteiger partial charge is 0.325 e. The number of hydrogen-bond donors (Lipinski definition) is 1. The molecule has 2 N–H and O–H groups in total. The van der Waals surface area contributed by atoms with Gasteiger partial charge in [0, 0.05) is 12.0 Å². The van der Waals surface area contributed by atoms with Crippen LogP contribution in [0.15, 0.2) is 0 Å². The van der Waals surface area contributed by atoms with Gasteiger partial charge in [-0.1, -0.05) is 0 Å². The first-order valence-electron chi connectivity index (χ1n) is 4.48. The highest BCUT2D eigenvalue weighted by molar-refractivity contribution is 7.99. The van der Waals surface area contributed by atoms with Crippen LogP contribution in [-0.2, 0) is 4.79 Å². The van der Waals surface area contributed by atoms with Gasteiger partial charge in [0.05, 0.1) is 0 Å². The molecule has 0 amide bonds. The van der Waals surface area contributed by atoms with E-state index in [0.717, 1.165) is 25.0 Å². The Bertz CT molecular complexity index is 162. The summed E-state index contributed by atoms with van der Waals surface area (Å²) in [5.74, 6) is 2.55. The summed E-state index contributed by atoms with van der Waals surface area (Å²) in [6.07, 6.45) is 3.73. The molecule has 3 heteroatoms. The Kier molecular flexibility index (Phi) is 3.59. The van der Waals surface area contributed by atoms with E-state index in [9.17, 15) is 4.79 Å². The summed E-state index contributed by atoms with van der Waals surface area (Å²) >= 11 is 1.95. The van der Waals surface area contributed by atoms with E-state index in [2.05, 4.69) is 0 Å².